The average Bonchev–Trinajstić information content (AvgIpc) is 2.10. The lowest BCUT2D eigenvalue weighted by Crippen LogP contribution is -2.39. The van der Waals surface area contributed by atoms with Crippen LogP contribution in [-0.4, -0.2) is 42.1 Å². The van der Waals surface area contributed by atoms with Crippen LogP contribution in [0, 0.1) is 0 Å². The summed E-state index contributed by atoms with van der Waals surface area (Å²) >= 11 is 0. The van der Waals surface area contributed by atoms with E-state index in [1.54, 1.807) is 13.8 Å². The zero-order valence-corrected chi connectivity index (χ0v) is 11.0. The molecule has 0 aromatic carbocycles. The van der Waals surface area contributed by atoms with Crippen LogP contribution in [0.1, 0.15) is 40.0 Å². The Hall–Kier alpha value is -0.620. The van der Waals surface area contributed by atoms with Crippen molar-refractivity contribution in [2.45, 2.75) is 46.1 Å². The van der Waals surface area contributed by atoms with Gasteiger partial charge >= 0.3 is 5.97 Å². The second kappa shape index (κ2) is 6.85. The fourth-order valence-corrected chi connectivity index (χ4v) is 3.28. The molecule has 0 atom stereocenters. The highest BCUT2D eigenvalue weighted by Gasteiger charge is 2.23. The predicted molar refractivity (Wildman–Crippen MR) is 62.8 cm³/mol. The van der Waals surface area contributed by atoms with Crippen molar-refractivity contribution >= 4 is 16.0 Å². The Morgan fingerprint density at radius 1 is 1.38 bits per heavy atom. The number of rotatable bonds is 8. The molecule has 5 nitrogen and oxygen atoms in total. The molecule has 0 heterocycles. The van der Waals surface area contributed by atoms with Gasteiger partial charge in [-0.3, -0.25) is 4.79 Å². The van der Waals surface area contributed by atoms with Crippen molar-refractivity contribution in [1.29, 1.82) is 0 Å². The highest BCUT2D eigenvalue weighted by molar-refractivity contribution is 7.89. The summed E-state index contributed by atoms with van der Waals surface area (Å²) in [5.74, 6) is -0.769. The molecular weight excluding hydrogens is 230 g/mol. The molecule has 96 valence electrons. The molecule has 0 saturated heterocycles. The van der Waals surface area contributed by atoms with Crippen molar-refractivity contribution in [3.05, 3.63) is 0 Å². The van der Waals surface area contributed by atoms with E-state index in [0.717, 1.165) is 0 Å². The van der Waals surface area contributed by atoms with Gasteiger partial charge in [0.05, 0.1) is 5.75 Å². The van der Waals surface area contributed by atoms with Crippen molar-refractivity contribution < 1.29 is 18.3 Å². The standard InChI is InChI=1S/C10H21NO4S/c1-4-8-16(14,15)11(9(2)3)7-5-6-10(12)13/h9H,4-8H2,1-3H3,(H,12,13). The number of carbonyl (C=O) groups is 1. The second-order valence-electron chi connectivity index (χ2n) is 4.02. The van der Waals surface area contributed by atoms with Gasteiger partial charge in [0.2, 0.25) is 10.0 Å². The third kappa shape index (κ3) is 5.46. The van der Waals surface area contributed by atoms with Gasteiger partial charge in [0, 0.05) is 19.0 Å². The van der Waals surface area contributed by atoms with E-state index in [9.17, 15) is 13.2 Å². The first kappa shape index (κ1) is 15.4. The van der Waals surface area contributed by atoms with Gasteiger partial charge < -0.3 is 5.11 Å². The minimum absolute atomic E-state index is 0.00483. The highest BCUT2D eigenvalue weighted by atomic mass is 32.2. The molecule has 0 bridgehead atoms. The summed E-state index contributed by atoms with van der Waals surface area (Å²) in [5, 5.41) is 8.50. The van der Waals surface area contributed by atoms with Crippen molar-refractivity contribution in [2.24, 2.45) is 0 Å². The zero-order chi connectivity index (χ0) is 12.8. The molecule has 16 heavy (non-hydrogen) atoms. The van der Waals surface area contributed by atoms with Crippen LogP contribution in [0.4, 0.5) is 0 Å². The van der Waals surface area contributed by atoms with Crippen molar-refractivity contribution in [1.82, 2.24) is 4.31 Å². The maximum atomic E-state index is 11.8. The Balaban J connectivity index is 4.44. The average molecular weight is 251 g/mol. The Morgan fingerprint density at radius 3 is 2.31 bits per heavy atom. The third-order valence-electron chi connectivity index (χ3n) is 2.16. The summed E-state index contributed by atoms with van der Waals surface area (Å²) in [4.78, 5) is 10.4. The number of carboxylic acids is 1. The number of hydrogen-bond donors (Lipinski definition) is 1. The van der Waals surface area contributed by atoms with Crippen molar-refractivity contribution in [2.75, 3.05) is 12.3 Å². The van der Waals surface area contributed by atoms with Crippen LogP contribution in [0.2, 0.25) is 0 Å². The SMILES string of the molecule is CCCS(=O)(=O)N(CCCC(=O)O)C(C)C. The fraction of sp³-hybridized carbons (Fsp3) is 0.900. The molecule has 0 fully saturated rings. The Bertz CT molecular complexity index is 311. The fourth-order valence-electron chi connectivity index (χ4n) is 1.48. The minimum Gasteiger partial charge on any atom is -0.481 e. The van der Waals surface area contributed by atoms with E-state index in [0.29, 0.717) is 12.8 Å². The number of aliphatic carboxylic acids is 1. The van der Waals surface area contributed by atoms with Crippen LogP contribution >= 0.6 is 0 Å². The topological polar surface area (TPSA) is 74.7 Å². The first-order valence-corrected chi connectivity index (χ1v) is 7.13. The molecule has 0 aliphatic rings. The molecule has 6 heteroatoms. The summed E-state index contributed by atoms with van der Waals surface area (Å²) in [5.41, 5.74) is 0. The van der Waals surface area contributed by atoms with Crippen LogP contribution in [0.5, 0.6) is 0 Å². The van der Waals surface area contributed by atoms with E-state index in [1.165, 1.54) is 4.31 Å². The van der Waals surface area contributed by atoms with E-state index in [4.69, 9.17) is 5.11 Å². The van der Waals surface area contributed by atoms with E-state index < -0.39 is 16.0 Å². The second-order valence-corrected chi connectivity index (χ2v) is 6.06. The summed E-state index contributed by atoms with van der Waals surface area (Å²) in [6.07, 6.45) is 0.936. The number of carboxylic acid groups (broad SMARTS) is 1. The first-order valence-electron chi connectivity index (χ1n) is 5.52. The normalized spacial score (nSPS) is 12.3. The molecule has 0 amide bonds. The predicted octanol–water partition coefficient (Wildman–Crippen LogP) is 1.30. The molecule has 0 aromatic rings. The van der Waals surface area contributed by atoms with Gasteiger partial charge in [0.15, 0.2) is 0 Å². The maximum Gasteiger partial charge on any atom is 0.303 e. The van der Waals surface area contributed by atoms with Crippen LogP contribution < -0.4 is 0 Å². The molecular formula is C10H21NO4S. The smallest absolute Gasteiger partial charge is 0.303 e. The van der Waals surface area contributed by atoms with Gasteiger partial charge in [-0.2, -0.15) is 4.31 Å². The molecule has 0 unspecified atom stereocenters. The summed E-state index contributed by atoms with van der Waals surface area (Å²) in [6.45, 7) is 5.70. The number of nitrogens with zero attached hydrogens (tertiary/aromatic N) is 1. The quantitative estimate of drug-likeness (QED) is 0.705. The molecule has 0 spiro atoms. The Labute approximate surface area is 97.5 Å². The summed E-state index contributed by atoms with van der Waals surface area (Å²) < 4.78 is 25.0. The molecule has 0 rings (SSSR count). The van der Waals surface area contributed by atoms with Crippen molar-refractivity contribution in [3.63, 3.8) is 0 Å². The van der Waals surface area contributed by atoms with Gasteiger partial charge in [-0.05, 0) is 26.7 Å². The molecule has 0 saturated carbocycles. The highest BCUT2D eigenvalue weighted by Crippen LogP contribution is 2.10. The largest absolute Gasteiger partial charge is 0.481 e. The number of hydrogen-bond acceptors (Lipinski definition) is 3. The van der Waals surface area contributed by atoms with Gasteiger partial charge in [-0.15, -0.1) is 0 Å². The monoisotopic (exact) mass is 251 g/mol. The van der Waals surface area contributed by atoms with Crippen molar-refractivity contribution in [3.8, 4) is 0 Å². The van der Waals surface area contributed by atoms with Crippen LogP contribution in [0.3, 0.4) is 0 Å². The molecule has 1 N–H and O–H groups in total. The van der Waals surface area contributed by atoms with Gasteiger partial charge in [-0.1, -0.05) is 6.92 Å². The first-order chi connectivity index (χ1) is 7.31. The Kier molecular flexibility index (Phi) is 6.59. The lowest BCUT2D eigenvalue weighted by Gasteiger charge is -2.25. The maximum absolute atomic E-state index is 11.8. The van der Waals surface area contributed by atoms with Gasteiger partial charge in [0.1, 0.15) is 0 Å². The molecule has 0 aliphatic carbocycles. The summed E-state index contributed by atoms with van der Waals surface area (Å²) in [7, 11) is -3.23. The summed E-state index contributed by atoms with van der Waals surface area (Å²) in [6, 6.07) is -0.120. The third-order valence-corrected chi connectivity index (χ3v) is 4.41. The lowest BCUT2D eigenvalue weighted by atomic mass is 10.3. The lowest BCUT2D eigenvalue weighted by molar-refractivity contribution is -0.137. The van der Waals surface area contributed by atoms with E-state index in [2.05, 4.69) is 0 Å². The van der Waals surface area contributed by atoms with Gasteiger partial charge in [-0.25, -0.2) is 8.42 Å². The van der Waals surface area contributed by atoms with Crippen LogP contribution in [0.15, 0.2) is 0 Å². The molecule has 0 radical (unpaired) electrons. The number of sulfonamides is 1. The van der Waals surface area contributed by atoms with Crippen LogP contribution in [0.25, 0.3) is 0 Å². The molecule has 0 aliphatic heterocycles. The molecule has 0 aromatic heterocycles. The Morgan fingerprint density at radius 2 is 1.94 bits per heavy atom. The van der Waals surface area contributed by atoms with E-state index >= 15 is 0 Å². The zero-order valence-electron chi connectivity index (χ0n) is 10.1. The van der Waals surface area contributed by atoms with E-state index in [-0.39, 0.29) is 24.8 Å². The van der Waals surface area contributed by atoms with Crippen LogP contribution in [-0.2, 0) is 14.8 Å². The minimum atomic E-state index is -3.23. The van der Waals surface area contributed by atoms with Gasteiger partial charge in [0.25, 0.3) is 0 Å². The van der Waals surface area contributed by atoms with E-state index in [1.807, 2.05) is 6.92 Å².